The Hall–Kier alpha value is -1.97. The minimum atomic E-state index is -1.10. The van der Waals surface area contributed by atoms with E-state index in [0.29, 0.717) is 13.1 Å². The molecule has 26 heavy (non-hydrogen) atoms. The second kappa shape index (κ2) is 6.98. The number of carbonyl (C=O) groups excluding carboxylic acids is 2. The zero-order valence-electron chi connectivity index (χ0n) is 15.0. The number of fused-ring (bicyclic) bond motifs is 1. The van der Waals surface area contributed by atoms with Crippen molar-refractivity contribution in [3.8, 4) is 0 Å². The van der Waals surface area contributed by atoms with Crippen molar-refractivity contribution in [2.24, 2.45) is 17.6 Å². The van der Waals surface area contributed by atoms with Crippen molar-refractivity contribution >= 4 is 17.8 Å². The summed E-state index contributed by atoms with van der Waals surface area (Å²) in [6.45, 7) is 5.54. The number of hydrogen-bond donors (Lipinski definition) is 4. The van der Waals surface area contributed by atoms with Crippen LogP contribution in [0.3, 0.4) is 0 Å². The molecular formula is C17H26N4O5. The minimum absolute atomic E-state index is 0.0675. The van der Waals surface area contributed by atoms with E-state index in [4.69, 9.17) is 5.73 Å². The Morgan fingerprint density at radius 3 is 2.69 bits per heavy atom. The number of amides is 2. The van der Waals surface area contributed by atoms with Crippen LogP contribution in [0.1, 0.15) is 20.3 Å². The molecule has 5 atom stereocenters. The second-order valence-corrected chi connectivity index (χ2v) is 7.50. The molecule has 0 aromatic carbocycles. The molecule has 0 radical (unpaired) electrons. The molecule has 144 valence electrons. The van der Waals surface area contributed by atoms with E-state index < -0.39 is 23.9 Å². The smallest absolute Gasteiger partial charge is 0.352 e. The molecule has 0 aromatic rings. The maximum atomic E-state index is 12.3. The number of aliphatic hydroxyl groups excluding tert-OH is 1. The lowest BCUT2D eigenvalue weighted by molar-refractivity contribution is -0.163. The van der Waals surface area contributed by atoms with Gasteiger partial charge in [-0.1, -0.05) is 6.92 Å². The molecule has 0 aliphatic carbocycles. The normalized spacial score (nSPS) is 32.6. The van der Waals surface area contributed by atoms with Crippen molar-refractivity contribution in [3.63, 3.8) is 0 Å². The Morgan fingerprint density at radius 1 is 1.42 bits per heavy atom. The Kier molecular flexibility index (Phi) is 5.05. The van der Waals surface area contributed by atoms with Crippen molar-refractivity contribution < 1.29 is 24.6 Å². The monoisotopic (exact) mass is 366 g/mol. The summed E-state index contributed by atoms with van der Waals surface area (Å²) < 4.78 is 0. The van der Waals surface area contributed by atoms with Crippen molar-refractivity contribution in [2.75, 3.05) is 26.2 Å². The summed E-state index contributed by atoms with van der Waals surface area (Å²) >= 11 is 0. The van der Waals surface area contributed by atoms with Crippen LogP contribution in [0, 0.1) is 11.8 Å². The number of carboxylic acid groups (broad SMARTS) is 1. The zero-order valence-corrected chi connectivity index (χ0v) is 15.0. The van der Waals surface area contributed by atoms with Gasteiger partial charge in [-0.3, -0.25) is 14.5 Å². The summed E-state index contributed by atoms with van der Waals surface area (Å²) in [6.07, 6.45) is 0.0504. The SMILES string of the molecule is C[C@@H](O)C1C(=O)N2C(C(=O)O)=C(CN3CC[C@H](NCC(N)=O)C3)[C@H](C)C12. The number of nitrogens with one attached hydrogen (secondary N) is 1. The topological polar surface area (TPSA) is 136 Å². The quantitative estimate of drug-likeness (QED) is 0.396. The molecule has 2 unspecified atom stereocenters. The number of carbonyl (C=O) groups is 3. The highest BCUT2D eigenvalue weighted by Gasteiger charge is 2.59. The van der Waals surface area contributed by atoms with Crippen LogP contribution < -0.4 is 11.1 Å². The van der Waals surface area contributed by atoms with Gasteiger partial charge in [-0.15, -0.1) is 0 Å². The number of rotatable bonds is 7. The molecule has 5 N–H and O–H groups in total. The van der Waals surface area contributed by atoms with E-state index in [0.717, 1.165) is 18.5 Å². The van der Waals surface area contributed by atoms with E-state index in [-0.39, 0.29) is 36.2 Å². The van der Waals surface area contributed by atoms with Gasteiger partial charge in [0, 0.05) is 31.6 Å². The highest BCUT2D eigenvalue weighted by atomic mass is 16.4. The van der Waals surface area contributed by atoms with E-state index >= 15 is 0 Å². The molecule has 3 heterocycles. The summed E-state index contributed by atoms with van der Waals surface area (Å²) in [5, 5.41) is 22.6. The molecule has 0 aromatic heterocycles. The van der Waals surface area contributed by atoms with Gasteiger partial charge in [0.05, 0.1) is 24.6 Å². The van der Waals surface area contributed by atoms with Crippen LogP contribution in [0.25, 0.3) is 0 Å². The molecular weight excluding hydrogens is 340 g/mol. The Labute approximate surface area is 151 Å². The van der Waals surface area contributed by atoms with Crippen LogP contribution in [0.4, 0.5) is 0 Å². The molecule has 9 heteroatoms. The standard InChI is InChI=1S/C17H26N4O5/c1-8-11(7-20-4-3-10(6-20)19-5-12(18)23)15(17(25)26)21-14(8)13(9(2)22)16(21)24/h8-10,13-14,19,22H,3-7H2,1-2H3,(H2,18,23)(H,25,26)/t8-,9+,10-,13?,14?/m0/s1. The van der Waals surface area contributed by atoms with Gasteiger partial charge >= 0.3 is 5.97 Å². The van der Waals surface area contributed by atoms with Gasteiger partial charge in [0.25, 0.3) is 0 Å². The number of nitrogens with zero attached hydrogens (tertiary/aromatic N) is 2. The van der Waals surface area contributed by atoms with Crippen molar-refractivity contribution in [1.29, 1.82) is 0 Å². The number of carboxylic acids is 1. The van der Waals surface area contributed by atoms with Crippen molar-refractivity contribution in [3.05, 3.63) is 11.3 Å². The van der Waals surface area contributed by atoms with Crippen LogP contribution in [0.15, 0.2) is 11.3 Å². The van der Waals surface area contributed by atoms with E-state index in [1.54, 1.807) is 6.92 Å². The van der Waals surface area contributed by atoms with E-state index in [9.17, 15) is 24.6 Å². The molecule has 0 saturated carbocycles. The number of aliphatic hydroxyl groups is 1. The lowest BCUT2D eigenvalue weighted by atomic mass is 9.77. The Bertz CT molecular complexity index is 662. The predicted molar refractivity (Wildman–Crippen MR) is 91.7 cm³/mol. The summed E-state index contributed by atoms with van der Waals surface area (Å²) in [4.78, 5) is 38.5. The fourth-order valence-electron chi connectivity index (χ4n) is 4.48. The first kappa shape index (κ1) is 18.8. The molecule has 3 aliphatic heterocycles. The van der Waals surface area contributed by atoms with Crippen LogP contribution in [0.2, 0.25) is 0 Å². The minimum Gasteiger partial charge on any atom is -0.477 e. The van der Waals surface area contributed by atoms with Crippen LogP contribution in [-0.2, 0) is 14.4 Å². The highest BCUT2D eigenvalue weighted by molar-refractivity contribution is 6.00. The van der Waals surface area contributed by atoms with Gasteiger partial charge in [-0.2, -0.15) is 0 Å². The molecule has 3 aliphatic rings. The number of primary amides is 1. The number of likely N-dealkylation sites (tertiary alicyclic amines) is 1. The number of nitrogens with two attached hydrogens (primary N) is 1. The third-order valence-electron chi connectivity index (χ3n) is 5.75. The maximum absolute atomic E-state index is 12.3. The van der Waals surface area contributed by atoms with Crippen LogP contribution in [0.5, 0.6) is 0 Å². The number of aliphatic carboxylic acids is 1. The third-order valence-corrected chi connectivity index (χ3v) is 5.75. The zero-order chi connectivity index (χ0) is 19.2. The van der Waals surface area contributed by atoms with E-state index in [1.807, 2.05) is 6.92 Å². The average Bonchev–Trinajstić information content (AvgIpc) is 3.08. The van der Waals surface area contributed by atoms with Crippen LogP contribution in [-0.4, -0.2) is 82.2 Å². The summed E-state index contributed by atoms with van der Waals surface area (Å²) in [7, 11) is 0. The first-order chi connectivity index (χ1) is 12.2. The average molecular weight is 366 g/mol. The van der Waals surface area contributed by atoms with Gasteiger partial charge in [-0.05, 0) is 18.9 Å². The van der Waals surface area contributed by atoms with Gasteiger partial charge < -0.3 is 26.2 Å². The third kappa shape index (κ3) is 3.10. The molecule has 3 rings (SSSR count). The lowest BCUT2D eigenvalue weighted by Gasteiger charge is -2.46. The predicted octanol–water partition coefficient (Wildman–Crippen LogP) is -1.67. The maximum Gasteiger partial charge on any atom is 0.352 e. The van der Waals surface area contributed by atoms with Gasteiger partial charge in [0.1, 0.15) is 5.70 Å². The summed E-state index contributed by atoms with van der Waals surface area (Å²) in [6, 6.07) is -0.146. The highest BCUT2D eigenvalue weighted by Crippen LogP contribution is 2.47. The van der Waals surface area contributed by atoms with Crippen molar-refractivity contribution in [2.45, 2.75) is 38.5 Å². The van der Waals surface area contributed by atoms with Crippen LogP contribution >= 0.6 is 0 Å². The fraction of sp³-hybridized carbons (Fsp3) is 0.706. The van der Waals surface area contributed by atoms with E-state index in [1.165, 1.54) is 4.90 Å². The fourth-order valence-corrected chi connectivity index (χ4v) is 4.48. The molecule has 0 bridgehead atoms. The number of hydrogen-bond acceptors (Lipinski definition) is 6. The Balaban J connectivity index is 1.72. The molecule has 2 amide bonds. The van der Waals surface area contributed by atoms with E-state index in [2.05, 4.69) is 10.2 Å². The molecule has 0 spiro atoms. The first-order valence-electron chi connectivity index (χ1n) is 8.93. The first-order valence-corrected chi connectivity index (χ1v) is 8.93. The molecule has 2 fully saturated rings. The summed E-state index contributed by atoms with van der Waals surface area (Å²) in [5.74, 6) is -2.48. The largest absolute Gasteiger partial charge is 0.477 e. The lowest BCUT2D eigenvalue weighted by Crippen LogP contribution is -2.63. The second-order valence-electron chi connectivity index (χ2n) is 7.50. The summed E-state index contributed by atoms with van der Waals surface area (Å²) in [5.41, 5.74) is 5.95. The van der Waals surface area contributed by atoms with Crippen molar-refractivity contribution in [1.82, 2.24) is 15.1 Å². The molecule has 9 nitrogen and oxygen atoms in total. The Morgan fingerprint density at radius 2 is 2.12 bits per heavy atom. The number of β-lactam (4-membered cyclic amide) rings is 1. The van der Waals surface area contributed by atoms with Gasteiger partial charge in [0.15, 0.2) is 0 Å². The van der Waals surface area contributed by atoms with Gasteiger partial charge in [-0.25, -0.2) is 4.79 Å². The van der Waals surface area contributed by atoms with Gasteiger partial charge in [0.2, 0.25) is 11.8 Å². The molecule has 2 saturated heterocycles.